The van der Waals surface area contributed by atoms with Crippen LogP contribution in [0.25, 0.3) is 0 Å². The molecule has 43 heavy (non-hydrogen) atoms. The summed E-state index contributed by atoms with van der Waals surface area (Å²) in [5.41, 5.74) is 6.08. The third-order valence-corrected chi connectivity index (χ3v) is 12.0. The number of esters is 1. The number of hydrogen-bond acceptors (Lipinski definition) is 4. The predicted molar refractivity (Wildman–Crippen MR) is 171 cm³/mol. The second kappa shape index (κ2) is 13.9. The van der Waals surface area contributed by atoms with E-state index in [0.717, 1.165) is 62.5 Å². The molecule has 1 N–H and O–H groups in total. The van der Waals surface area contributed by atoms with Crippen LogP contribution >= 0.6 is 0 Å². The molecule has 5 nitrogen and oxygen atoms in total. The van der Waals surface area contributed by atoms with E-state index < -0.39 is 10.1 Å². The number of hydrogen-bond donors (Lipinski definition) is 1. The molecule has 0 radical (unpaired) electrons. The summed E-state index contributed by atoms with van der Waals surface area (Å²) in [7, 11) is -4.37. The quantitative estimate of drug-likeness (QED) is 0.201. The summed E-state index contributed by atoms with van der Waals surface area (Å²) in [6, 6.07) is 7.86. The summed E-state index contributed by atoms with van der Waals surface area (Å²) < 4.78 is 41.0. The van der Waals surface area contributed by atoms with Crippen LogP contribution < -0.4 is 4.74 Å². The van der Waals surface area contributed by atoms with Gasteiger partial charge in [-0.15, -0.1) is 0 Å². The van der Waals surface area contributed by atoms with Gasteiger partial charge in [-0.2, -0.15) is 8.42 Å². The van der Waals surface area contributed by atoms with Gasteiger partial charge in [0.05, 0.1) is 10.5 Å². The lowest BCUT2D eigenvalue weighted by atomic mass is 9.73. The second-order valence-corrected chi connectivity index (χ2v) is 15.3. The summed E-state index contributed by atoms with van der Waals surface area (Å²) in [6.45, 7) is 0. The highest BCUT2D eigenvalue weighted by Gasteiger charge is 2.32. The van der Waals surface area contributed by atoms with Crippen molar-refractivity contribution in [3.8, 4) is 5.75 Å². The Kier molecular flexibility index (Phi) is 9.93. The summed E-state index contributed by atoms with van der Waals surface area (Å²) in [4.78, 5) is 14.5. The van der Waals surface area contributed by atoms with Gasteiger partial charge in [-0.05, 0) is 122 Å². The molecule has 0 aliphatic heterocycles. The maximum Gasteiger partial charge on any atom is 0.344 e. The lowest BCUT2D eigenvalue weighted by Crippen LogP contribution is -2.22. The van der Waals surface area contributed by atoms with E-state index in [2.05, 4.69) is 12.1 Å². The average Bonchev–Trinajstić information content (AvgIpc) is 3.01. The van der Waals surface area contributed by atoms with Crippen LogP contribution in [0.15, 0.2) is 29.2 Å². The van der Waals surface area contributed by atoms with Crippen molar-refractivity contribution in [2.24, 2.45) is 0 Å². The lowest BCUT2D eigenvalue weighted by molar-refractivity contribution is 0.0728. The summed E-state index contributed by atoms with van der Waals surface area (Å²) in [5.74, 6) is 1.53. The van der Waals surface area contributed by atoms with E-state index in [9.17, 15) is 17.8 Å². The fraction of sp³-hybridized carbons (Fsp3) is 0.649. The van der Waals surface area contributed by atoms with Gasteiger partial charge in [0.15, 0.2) is 0 Å². The molecule has 0 heterocycles. The minimum Gasteiger partial charge on any atom is -0.423 e. The number of ether oxygens (including phenoxy) is 1. The van der Waals surface area contributed by atoms with Gasteiger partial charge in [0, 0.05) is 0 Å². The van der Waals surface area contributed by atoms with Crippen LogP contribution in [0.4, 0.5) is 0 Å². The highest BCUT2D eigenvalue weighted by molar-refractivity contribution is 7.85. The van der Waals surface area contributed by atoms with Crippen molar-refractivity contribution in [2.75, 3.05) is 0 Å². The Morgan fingerprint density at radius 1 is 0.628 bits per heavy atom. The molecule has 0 bridgehead atoms. The minimum absolute atomic E-state index is 0.0353. The standard InChI is InChI=1S/C37H50O5S/c38-37(42-34-22-23-35(43(39,40)41)31-21-13-2-1-12-20-30(31)34)36-32(27-16-8-4-9-17-27)24-29(26-14-6-3-7-15-26)25-33(36)28-18-10-5-11-19-28/h22-28H,1-21H2,(H,39,40,41). The smallest absolute Gasteiger partial charge is 0.344 e. The van der Waals surface area contributed by atoms with Crippen molar-refractivity contribution in [1.82, 2.24) is 0 Å². The zero-order valence-electron chi connectivity index (χ0n) is 25.9. The van der Waals surface area contributed by atoms with E-state index in [1.807, 2.05) is 0 Å². The van der Waals surface area contributed by atoms with Crippen LogP contribution in [-0.2, 0) is 23.0 Å². The van der Waals surface area contributed by atoms with Crippen molar-refractivity contribution in [3.63, 3.8) is 0 Å². The number of benzene rings is 2. The van der Waals surface area contributed by atoms with Crippen molar-refractivity contribution >= 4 is 16.1 Å². The molecule has 2 aromatic carbocycles. The van der Waals surface area contributed by atoms with Gasteiger partial charge in [-0.3, -0.25) is 4.55 Å². The lowest BCUT2D eigenvalue weighted by Gasteiger charge is -2.32. The average molecular weight is 607 g/mol. The topological polar surface area (TPSA) is 80.7 Å². The molecule has 3 fully saturated rings. The van der Waals surface area contributed by atoms with E-state index in [4.69, 9.17) is 4.74 Å². The monoisotopic (exact) mass is 606 g/mol. The second-order valence-electron chi connectivity index (χ2n) is 13.9. The number of rotatable bonds is 6. The summed E-state index contributed by atoms with van der Waals surface area (Å²) in [5, 5.41) is 0. The van der Waals surface area contributed by atoms with Crippen LogP contribution in [0, 0.1) is 0 Å². The SMILES string of the molecule is O=C(Oc1ccc(S(=O)(=O)O)c2c1CCCCCC2)c1c(C2CCCCC2)cc(C2CCCCC2)cc1C1CCCCC1. The van der Waals surface area contributed by atoms with E-state index in [0.29, 0.717) is 41.9 Å². The van der Waals surface area contributed by atoms with Gasteiger partial charge in [0.1, 0.15) is 5.75 Å². The third-order valence-electron chi connectivity index (χ3n) is 11.0. The van der Waals surface area contributed by atoms with E-state index in [-0.39, 0.29) is 10.9 Å². The molecule has 4 aliphatic carbocycles. The van der Waals surface area contributed by atoms with Crippen molar-refractivity contribution in [2.45, 2.75) is 157 Å². The number of carbonyl (C=O) groups excluding carboxylic acids is 1. The molecule has 0 amide bonds. The Morgan fingerprint density at radius 3 is 1.60 bits per heavy atom. The van der Waals surface area contributed by atoms with Crippen LogP contribution in [-0.4, -0.2) is 18.9 Å². The molecule has 6 rings (SSSR count). The largest absolute Gasteiger partial charge is 0.423 e. The summed E-state index contributed by atoms with van der Waals surface area (Å²) >= 11 is 0. The minimum atomic E-state index is -4.37. The first-order valence-electron chi connectivity index (χ1n) is 17.4. The first kappa shape index (κ1) is 30.8. The first-order chi connectivity index (χ1) is 20.9. The van der Waals surface area contributed by atoms with E-state index in [1.54, 1.807) is 6.07 Å². The molecule has 0 unspecified atom stereocenters. The normalized spacial score (nSPS) is 21.5. The number of carbonyl (C=O) groups is 1. The molecule has 4 aliphatic rings. The Morgan fingerprint density at radius 2 is 1.09 bits per heavy atom. The third kappa shape index (κ3) is 7.06. The maximum absolute atomic E-state index is 14.6. The van der Waals surface area contributed by atoms with E-state index in [1.165, 1.54) is 93.4 Å². The predicted octanol–water partition coefficient (Wildman–Crippen LogP) is 9.95. The van der Waals surface area contributed by atoms with Gasteiger partial charge in [-0.1, -0.05) is 82.8 Å². The Bertz CT molecular complexity index is 1350. The van der Waals surface area contributed by atoms with Gasteiger partial charge >= 0.3 is 5.97 Å². The van der Waals surface area contributed by atoms with Crippen molar-refractivity contribution in [1.29, 1.82) is 0 Å². The fourth-order valence-electron chi connectivity index (χ4n) is 8.73. The van der Waals surface area contributed by atoms with Gasteiger partial charge in [-0.25, -0.2) is 4.79 Å². The molecule has 234 valence electrons. The molecule has 3 saturated carbocycles. The first-order valence-corrected chi connectivity index (χ1v) is 18.9. The van der Waals surface area contributed by atoms with Gasteiger partial charge in [0.25, 0.3) is 10.1 Å². The highest BCUT2D eigenvalue weighted by atomic mass is 32.2. The van der Waals surface area contributed by atoms with Crippen LogP contribution in [0.2, 0.25) is 0 Å². The van der Waals surface area contributed by atoms with Gasteiger partial charge < -0.3 is 4.74 Å². The maximum atomic E-state index is 14.6. The Hall–Kier alpha value is -2.18. The van der Waals surface area contributed by atoms with Crippen molar-refractivity contribution in [3.05, 3.63) is 57.6 Å². The highest BCUT2D eigenvalue weighted by Crippen LogP contribution is 2.45. The molecule has 2 aromatic rings. The summed E-state index contributed by atoms with van der Waals surface area (Å²) in [6.07, 6.45) is 23.3. The zero-order chi connectivity index (χ0) is 29.8. The Labute approximate surface area is 258 Å². The Balaban J connectivity index is 1.45. The number of fused-ring (bicyclic) bond motifs is 1. The molecular formula is C37H50O5S. The molecule has 0 spiro atoms. The van der Waals surface area contributed by atoms with Gasteiger partial charge in [0.2, 0.25) is 0 Å². The van der Waals surface area contributed by atoms with Crippen LogP contribution in [0.3, 0.4) is 0 Å². The fourth-order valence-corrected chi connectivity index (χ4v) is 9.51. The van der Waals surface area contributed by atoms with Crippen LogP contribution in [0.5, 0.6) is 5.75 Å². The zero-order valence-corrected chi connectivity index (χ0v) is 26.7. The molecule has 0 atom stereocenters. The molecule has 0 saturated heterocycles. The molecule has 6 heteroatoms. The molecule has 0 aromatic heterocycles. The van der Waals surface area contributed by atoms with Crippen molar-refractivity contribution < 1.29 is 22.5 Å². The van der Waals surface area contributed by atoms with Crippen LogP contribution in [0.1, 0.15) is 178 Å². The molecular weight excluding hydrogens is 556 g/mol. The van der Waals surface area contributed by atoms with E-state index >= 15 is 0 Å².